The summed E-state index contributed by atoms with van der Waals surface area (Å²) in [5.41, 5.74) is 7.01. The first-order valence-electron chi connectivity index (χ1n) is 5.20. The molecular weight excluding hydrogens is 226 g/mol. The van der Waals surface area contributed by atoms with E-state index in [-0.39, 0.29) is 6.04 Å². The fourth-order valence-electron chi connectivity index (χ4n) is 1.42. The summed E-state index contributed by atoms with van der Waals surface area (Å²) in [6.07, 6.45) is 0.842. The highest BCUT2D eigenvalue weighted by atomic mass is 35.5. The van der Waals surface area contributed by atoms with E-state index in [0.29, 0.717) is 5.25 Å². The predicted molar refractivity (Wildman–Crippen MR) is 69.8 cm³/mol. The topological polar surface area (TPSA) is 26.0 Å². The summed E-state index contributed by atoms with van der Waals surface area (Å²) in [7, 11) is 0. The monoisotopic (exact) mass is 243 g/mol. The van der Waals surface area contributed by atoms with Gasteiger partial charge in [0.05, 0.1) is 0 Å². The van der Waals surface area contributed by atoms with Crippen molar-refractivity contribution in [2.45, 2.75) is 43.4 Å². The number of halogens is 1. The molecule has 15 heavy (non-hydrogen) atoms. The number of nitrogens with two attached hydrogens (primary N) is 1. The highest BCUT2D eigenvalue weighted by Crippen LogP contribution is 2.31. The van der Waals surface area contributed by atoms with Crippen molar-refractivity contribution < 1.29 is 0 Å². The first-order chi connectivity index (χ1) is 7.00. The molecule has 2 N–H and O–H groups in total. The van der Waals surface area contributed by atoms with Crippen molar-refractivity contribution in [3.05, 3.63) is 28.8 Å². The molecule has 0 aliphatic rings. The van der Waals surface area contributed by atoms with Gasteiger partial charge in [-0.15, -0.1) is 11.8 Å². The van der Waals surface area contributed by atoms with Crippen LogP contribution in [0.25, 0.3) is 0 Å². The Morgan fingerprint density at radius 2 is 2.00 bits per heavy atom. The number of rotatable bonds is 4. The van der Waals surface area contributed by atoms with E-state index in [4.69, 9.17) is 17.3 Å². The van der Waals surface area contributed by atoms with Gasteiger partial charge in [-0.1, -0.05) is 31.5 Å². The second-order valence-corrected chi connectivity index (χ2v) is 6.09. The molecule has 1 rings (SSSR count). The lowest BCUT2D eigenvalue weighted by atomic mass is 10.1. The Morgan fingerprint density at radius 3 is 2.53 bits per heavy atom. The molecule has 1 aromatic rings. The van der Waals surface area contributed by atoms with Crippen LogP contribution < -0.4 is 5.73 Å². The number of hydrogen-bond donors (Lipinski definition) is 1. The first kappa shape index (κ1) is 12.9. The van der Waals surface area contributed by atoms with Gasteiger partial charge in [0.25, 0.3) is 0 Å². The summed E-state index contributed by atoms with van der Waals surface area (Å²) in [5.74, 6) is 0. The van der Waals surface area contributed by atoms with Gasteiger partial charge in [0.15, 0.2) is 0 Å². The van der Waals surface area contributed by atoms with Crippen molar-refractivity contribution >= 4 is 23.4 Å². The summed E-state index contributed by atoms with van der Waals surface area (Å²) >= 11 is 8.03. The minimum atomic E-state index is 0.149. The van der Waals surface area contributed by atoms with Gasteiger partial charge in [-0.2, -0.15) is 0 Å². The lowest BCUT2D eigenvalue weighted by molar-refractivity contribution is 0.729. The van der Waals surface area contributed by atoms with Gasteiger partial charge >= 0.3 is 0 Å². The first-order valence-corrected chi connectivity index (χ1v) is 6.46. The van der Waals surface area contributed by atoms with Crippen LogP contribution in [0.3, 0.4) is 0 Å². The van der Waals surface area contributed by atoms with Crippen LogP contribution in [0.2, 0.25) is 5.02 Å². The molecule has 3 heteroatoms. The average Bonchev–Trinajstić information content (AvgIpc) is 2.09. The summed E-state index contributed by atoms with van der Waals surface area (Å²) in [6.45, 7) is 6.37. The standard InChI is InChI=1S/C12H18ClNS/c1-8(2)15-12-6-4-5-11(13)10(12)7-9(3)14/h4-6,8-9H,7,14H2,1-3H3. The molecule has 0 fully saturated rings. The van der Waals surface area contributed by atoms with Crippen LogP contribution in [0.15, 0.2) is 23.1 Å². The lowest BCUT2D eigenvalue weighted by Crippen LogP contribution is -2.18. The second-order valence-electron chi connectivity index (χ2n) is 4.06. The lowest BCUT2D eigenvalue weighted by Gasteiger charge is -2.14. The fraction of sp³-hybridized carbons (Fsp3) is 0.500. The van der Waals surface area contributed by atoms with Gasteiger partial charge in [-0.3, -0.25) is 0 Å². The molecule has 0 radical (unpaired) electrons. The Bertz CT molecular complexity index is 323. The van der Waals surface area contributed by atoms with E-state index < -0.39 is 0 Å². The number of hydrogen-bond acceptors (Lipinski definition) is 2. The van der Waals surface area contributed by atoms with Gasteiger partial charge in [0, 0.05) is 21.2 Å². The third-order valence-corrected chi connectivity index (χ3v) is 3.43. The normalized spacial score (nSPS) is 13.2. The average molecular weight is 244 g/mol. The van der Waals surface area contributed by atoms with E-state index >= 15 is 0 Å². The molecule has 1 nitrogen and oxygen atoms in total. The molecule has 1 atom stereocenters. The Balaban J connectivity index is 2.97. The minimum Gasteiger partial charge on any atom is -0.328 e. The predicted octanol–water partition coefficient (Wildman–Crippen LogP) is 3.73. The molecular formula is C12H18ClNS. The third-order valence-electron chi connectivity index (χ3n) is 1.96. The zero-order valence-corrected chi connectivity index (χ0v) is 11.0. The zero-order chi connectivity index (χ0) is 11.4. The van der Waals surface area contributed by atoms with Gasteiger partial charge in [0.2, 0.25) is 0 Å². The SMILES string of the molecule is CC(N)Cc1c(Cl)cccc1SC(C)C. The van der Waals surface area contributed by atoms with Crippen LogP contribution in [0.4, 0.5) is 0 Å². The minimum absolute atomic E-state index is 0.149. The van der Waals surface area contributed by atoms with E-state index in [2.05, 4.69) is 19.9 Å². The summed E-state index contributed by atoms with van der Waals surface area (Å²) in [5, 5.41) is 1.40. The van der Waals surface area contributed by atoms with E-state index in [1.165, 1.54) is 10.5 Å². The molecule has 0 aliphatic heterocycles. The maximum absolute atomic E-state index is 6.19. The summed E-state index contributed by atoms with van der Waals surface area (Å²) in [6, 6.07) is 6.20. The highest BCUT2D eigenvalue weighted by Gasteiger charge is 2.10. The van der Waals surface area contributed by atoms with Crippen molar-refractivity contribution in [3.8, 4) is 0 Å². The summed E-state index contributed by atoms with van der Waals surface area (Å²) < 4.78 is 0. The molecule has 1 aromatic carbocycles. The van der Waals surface area contributed by atoms with E-state index in [0.717, 1.165) is 11.4 Å². The maximum atomic E-state index is 6.19. The van der Waals surface area contributed by atoms with Crippen molar-refractivity contribution in [2.24, 2.45) is 5.73 Å². The van der Waals surface area contributed by atoms with Gasteiger partial charge in [-0.05, 0) is 31.0 Å². The molecule has 0 spiro atoms. The van der Waals surface area contributed by atoms with E-state index in [1.54, 1.807) is 0 Å². The molecule has 0 bridgehead atoms. The van der Waals surface area contributed by atoms with Crippen LogP contribution in [0, 0.1) is 0 Å². The van der Waals surface area contributed by atoms with Crippen molar-refractivity contribution in [1.29, 1.82) is 0 Å². The highest BCUT2D eigenvalue weighted by molar-refractivity contribution is 8.00. The molecule has 0 aromatic heterocycles. The van der Waals surface area contributed by atoms with Crippen molar-refractivity contribution in [2.75, 3.05) is 0 Å². The number of benzene rings is 1. The molecule has 1 unspecified atom stereocenters. The third kappa shape index (κ3) is 4.06. The molecule has 0 aliphatic carbocycles. The Labute approximate surface area is 101 Å². The van der Waals surface area contributed by atoms with Gasteiger partial charge in [0.1, 0.15) is 0 Å². The number of thioether (sulfide) groups is 1. The molecule has 84 valence electrons. The fourth-order valence-corrected chi connectivity index (χ4v) is 2.73. The zero-order valence-electron chi connectivity index (χ0n) is 9.46. The smallest absolute Gasteiger partial charge is 0.0449 e. The van der Waals surface area contributed by atoms with E-state index in [9.17, 15) is 0 Å². The molecule has 0 amide bonds. The van der Waals surface area contributed by atoms with Crippen molar-refractivity contribution in [3.63, 3.8) is 0 Å². The van der Waals surface area contributed by atoms with Crippen LogP contribution in [0.1, 0.15) is 26.3 Å². The molecule has 0 heterocycles. The summed E-state index contributed by atoms with van der Waals surface area (Å²) in [4.78, 5) is 1.26. The van der Waals surface area contributed by atoms with Crippen LogP contribution in [0.5, 0.6) is 0 Å². The van der Waals surface area contributed by atoms with Crippen LogP contribution in [-0.4, -0.2) is 11.3 Å². The second kappa shape index (κ2) is 5.78. The Hall–Kier alpha value is -0.180. The quantitative estimate of drug-likeness (QED) is 0.816. The molecule has 0 saturated carbocycles. The van der Waals surface area contributed by atoms with Crippen LogP contribution in [-0.2, 0) is 6.42 Å². The Morgan fingerprint density at radius 1 is 1.33 bits per heavy atom. The Kier molecular flexibility index (Phi) is 4.97. The largest absolute Gasteiger partial charge is 0.328 e. The van der Waals surface area contributed by atoms with Crippen LogP contribution >= 0.6 is 23.4 Å². The van der Waals surface area contributed by atoms with Gasteiger partial charge in [-0.25, -0.2) is 0 Å². The molecule has 0 saturated heterocycles. The van der Waals surface area contributed by atoms with Crippen molar-refractivity contribution in [1.82, 2.24) is 0 Å². The van der Waals surface area contributed by atoms with E-state index in [1.807, 2.05) is 30.8 Å². The maximum Gasteiger partial charge on any atom is 0.0449 e. The van der Waals surface area contributed by atoms with Gasteiger partial charge < -0.3 is 5.73 Å².